The van der Waals surface area contributed by atoms with Crippen LogP contribution >= 0.6 is 0 Å². The zero-order valence-electron chi connectivity index (χ0n) is 7.73. The number of nitrogens with zero attached hydrogens (tertiary/aromatic N) is 2. The van der Waals surface area contributed by atoms with Crippen LogP contribution in [0.1, 0.15) is 39.0 Å². The fraction of sp³-hybridized carbons (Fsp3) is 0.875. The van der Waals surface area contributed by atoms with Crippen molar-refractivity contribution in [3.8, 4) is 0 Å². The van der Waals surface area contributed by atoms with Gasteiger partial charge in [-0.15, -0.1) is 0 Å². The third-order valence-corrected chi connectivity index (χ3v) is 2.42. The van der Waals surface area contributed by atoms with Crippen molar-refractivity contribution < 1.29 is 9.83 Å². The second-order valence-corrected chi connectivity index (χ2v) is 3.39. The molecular weight excluding hydrogens is 172 g/mol. The van der Waals surface area contributed by atoms with Gasteiger partial charge in [-0.05, 0) is 12.8 Å². The van der Waals surface area contributed by atoms with Crippen molar-refractivity contribution in [3.63, 3.8) is 0 Å². The SMILES string of the molecule is CC(=O)N(C1CCCCC1)[N+](=O)[O-]. The lowest BCUT2D eigenvalue weighted by Crippen LogP contribution is -2.44. The molecule has 0 aromatic carbocycles. The molecule has 0 radical (unpaired) electrons. The first-order valence-corrected chi connectivity index (χ1v) is 4.57. The summed E-state index contributed by atoms with van der Waals surface area (Å²) in [6.07, 6.45) is 4.63. The predicted molar refractivity (Wildman–Crippen MR) is 46.4 cm³/mol. The lowest BCUT2D eigenvalue weighted by molar-refractivity contribution is -0.643. The highest BCUT2D eigenvalue weighted by atomic mass is 16.7. The Kier molecular flexibility index (Phi) is 3.22. The van der Waals surface area contributed by atoms with E-state index in [2.05, 4.69) is 0 Å². The number of hydrogen-bond acceptors (Lipinski definition) is 3. The van der Waals surface area contributed by atoms with Crippen molar-refractivity contribution in [2.45, 2.75) is 45.1 Å². The molecule has 5 nitrogen and oxygen atoms in total. The van der Waals surface area contributed by atoms with E-state index in [0.29, 0.717) is 0 Å². The van der Waals surface area contributed by atoms with Crippen LogP contribution in [0.25, 0.3) is 0 Å². The molecule has 1 amide bonds. The van der Waals surface area contributed by atoms with E-state index in [0.717, 1.165) is 37.1 Å². The monoisotopic (exact) mass is 186 g/mol. The summed E-state index contributed by atoms with van der Waals surface area (Å²) in [7, 11) is 0. The molecule has 1 saturated carbocycles. The Morgan fingerprint density at radius 1 is 1.38 bits per heavy atom. The largest absolute Gasteiger partial charge is 0.280 e. The van der Waals surface area contributed by atoms with Gasteiger partial charge in [0.2, 0.25) is 0 Å². The molecule has 0 saturated heterocycles. The Morgan fingerprint density at radius 3 is 2.31 bits per heavy atom. The number of carbonyl (C=O) groups is 1. The van der Waals surface area contributed by atoms with Crippen LogP contribution < -0.4 is 0 Å². The Labute approximate surface area is 76.8 Å². The van der Waals surface area contributed by atoms with Gasteiger partial charge in [0.05, 0.1) is 6.04 Å². The quantitative estimate of drug-likeness (QED) is 0.483. The van der Waals surface area contributed by atoms with E-state index in [1.54, 1.807) is 0 Å². The molecule has 13 heavy (non-hydrogen) atoms. The van der Waals surface area contributed by atoms with Crippen LogP contribution in [0.2, 0.25) is 0 Å². The van der Waals surface area contributed by atoms with E-state index in [9.17, 15) is 14.9 Å². The van der Waals surface area contributed by atoms with Crippen molar-refractivity contribution in [2.75, 3.05) is 0 Å². The fourth-order valence-corrected chi connectivity index (χ4v) is 1.83. The van der Waals surface area contributed by atoms with Gasteiger partial charge in [-0.25, -0.2) is 10.1 Å². The van der Waals surface area contributed by atoms with Gasteiger partial charge in [-0.3, -0.25) is 4.79 Å². The molecule has 0 aromatic rings. The summed E-state index contributed by atoms with van der Waals surface area (Å²) in [4.78, 5) is 21.5. The molecule has 0 N–H and O–H groups in total. The Bertz CT molecular complexity index is 197. The average Bonchev–Trinajstić information content (AvgIpc) is 2.04. The topological polar surface area (TPSA) is 63.5 Å². The van der Waals surface area contributed by atoms with E-state index < -0.39 is 10.9 Å². The Morgan fingerprint density at radius 2 is 1.92 bits per heavy atom. The molecule has 1 fully saturated rings. The number of carbonyl (C=O) groups excluding carboxylic acids is 1. The van der Waals surface area contributed by atoms with Gasteiger partial charge in [0, 0.05) is 6.92 Å². The van der Waals surface area contributed by atoms with Gasteiger partial charge < -0.3 is 0 Å². The van der Waals surface area contributed by atoms with Crippen molar-refractivity contribution in [1.82, 2.24) is 5.01 Å². The van der Waals surface area contributed by atoms with Crippen LogP contribution in [0.15, 0.2) is 0 Å². The molecular formula is C8H14N2O3. The van der Waals surface area contributed by atoms with E-state index in [1.165, 1.54) is 6.92 Å². The molecule has 1 aliphatic carbocycles. The maximum absolute atomic E-state index is 11.0. The summed E-state index contributed by atoms with van der Waals surface area (Å²) in [6.45, 7) is 1.25. The van der Waals surface area contributed by atoms with Gasteiger partial charge in [-0.1, -0.05) is 24.3 Å². The van der Waals surface area contributed by atoms with E-state index in [-0.39, 0.29) is 6.04 Å². The van der Waals surface area contributed by atoms with E-state index in [1.807, 2.05) is 0 Å². The zero-order chi connectivity index (χ0) is 9.84. The summed E-state index contributed by atoms with van der Waals surface area (Å²) in [5.41, 5.74) is 0. The van der Waals surface area contributed by atoms with Gasteiger partial charge in [-0.2, -0.15) is 0 Å². The Balaban J connectivity index is 2.62. The minimum atomic E-state index is -0.585. The number of rotatable bonds is 2. The second-order valence-electron chi connectivity index (χ2n) is 3.39. The maximum Gasteiger partial charge on any atom is 0.280 e. The third-order valence-electron chi connectivity index (χ3n) is 2.42. The third kappa shape index (κ3) is 2.40. The summed E-state index contributed by atoms with van der Waals surface area (Å²) < 4.78 is 0. The predicted octanol–water partition coefficient (Wildman–Crippen LogP) is 1.36. The van der Waals surface area contributed by atoms with E-state index in [4.69, 9.17) is 0 Å². The highest BCUT2D eigenvalue weighted by Gasteiger charge is 2.31. The van der Waals surface area contributed by atoms with Gasteiger partial charge in [0.25, 0.3) is 5.91 Å². The molecule has 0 bridgehead atoms. The van der Waals surface area contributed by atoms with Crippen molar-refractivity contribution in [2.24, 2.45) is 0 Å². The minimum Gasteiger partial charge on any atom is -0.269 e. The highest BCUT2D eigenvalue weighted by Crippen LogP contribution is 2.22. The average molecular weight is 186 g/mol. The van der Waals surface area contributed by atoms with Crippen LogP contribution in [0, 0.1) is 10.1 Å². The van der Waals surface area contributed by atoms with Gasteiger partial charge in [0.1, 0.15) is 0 Å². The standard InChI is InChI=1S/C8H14N2O3/c1-7(11)9(10(12)13)8-5-3-2-4-6-8/h8H,2-6H2,1H3. The number of hydrogen-bond donors (Lipinski definition) is 0. The molecule has 5 heteroatoms. The first-order chi connectivity index (χ1) is 6.13. The number of amides is 1. The lowest BCUT2D eigenvalue weighted by Gasteiger charge is -2.25. The minimum absolute atomic E-state index is 0.179. The summed E-state index contributed by atoms with van der Waals surface area (Å²) in [5.74, 6) is -0.461. The smallest absolute Gasteiger partial charge is 0.269 e. The van der Waals surface area contributed by atoms with Crippen molar-refractivity contribution in [1.29, 1.82) is 0 Å². The molecule has 0 unspecified atom stereocenters. The fourth-order valence-electron chi connectivity index (χ4n) is 1.83. The van der Waals surface area contributed by atoms with Crippen LogP contribution in [0.5, 0.6) is 0 Å². The number of hydrazine groups is 1. The molecule has 0 heterocycles. The molecule has 0 aromatic heterocycles. The van der Waals surface area contributed by atoms with Crippen molar-refractivity contribution >= 4 is 5.91 Å². The van der Waals surface area contributed by atoms with Crippen LogP contribution in [0.4, 0.5) is 0 Å². The second kappa shape index (κ2) is 4.20. The van der Waals surface area contributed by atoms with Gasteiger partial charge in [0.15, 0.2) is 5.03 Å². The summed E-state index contributed by atoms with van der Waals surface area (Å²) >= 11 is 0. The van der Waals surface area contributed by atoms with Crippen molar-refractivity contribution in [3.05, 3.63) is 10.1 Å². The molecule has 1 rings (SSSR count). The highest BCUT2D eigenvalue weighted by molar-refractivity contribution is 5.72. The Hall–Kier alpha value is -1.13. The summed E-state index contributed by atoms with van der Waals surface area (Å²) in [6, 6.07) is -0.179. The molecule has 74 valence electrons. The molecule has 0 spiro atoms. The molecule has 0 atom stereocenters. The first kappa shape index (κ1) is 9.95. The van der Waals surface area contributed by atoms with Gasteiger partial charge >= 0.3 is 0 Å². The zero-order valence-corrected chi connectivity index (χ0v) is 7.73. The molecule has 1 aliphatic rings. The van der Waals surface area contributed by atoms with Crippen LogP contribution in [-0.4, -0.2) is 22.0 Å². The van der Waals surface area contributed by atoms with Crippen LogP contribution in [-0.2, 0) is 4.79 Å². The maximum atomic E-state index is 11.0. The summed E-state index contributed by atoms with van der Waals surface area (Å²) in [5, 5.41) is 10.7. The normalized spacial score (nSPS) is 18.2. The van der Waals surface area contributed by atoms with Crippen LogP contribution in [0.3, 0.4) is 0 Å². The molecule has 0 aliphatic heterocycles. The van der Waals surface area contributed by atoms with E-state index >= 15 is 0 Å². The first-order valence-electron chi connectivity index (χ1n) is 4.57. The lowest BCUT2D eigenvalue weighted by atomic mass is 9.95. The number of nitro groups is 1.